The van der Waals surface area contributed by atoms with Gasteiger partial charge < -0.3 is 13.4 Å². The average Bonchev–Trinajstić information content (AvgIpc) is 3.87. The number of hydrogen-bond donors (Lipinski definition) is 0. The molecule has 11 aromatic rings. The lowest BCUT2D eigenvalue weighted by Crippen LogP contribution is -1.94. The van der Waals surface area contributed by atoms with Crippen molar-refractivity contribution in [2.24, 2.45) is 0 Å². The molecule has 0 radical (unpaired) electrons. The van der Waals surface area contributed by atoms with Crippen molar-refractivity contribution in [1.29, 1.82) is 0 Å². The highest BCUT2D eigenvalue weighted by Crippen LogP contribution is 2.49. The Bertz CT molecular complexity index is 3050. The summed E-state index contributed by atoms with van der Waals surface area (Å²) >= 11 is 0. The van der Waals surface area contributed by atoms with Crippen LogP contribution in [-0.4, -0.2) is 4.57 Å². The van der Waals surface area contributed by atoms with Crippen molar-refractivity contribution in [3.8, 4) is 27.9 Å². The van der Waals surface area contributed by atoms with Crippen molar-refractivity contribution in [2.45, 2.75) is 0 Å². The zero-order chi connectivity index (χ0) is 32.1. The highest BCUT2D eigenvalue weighted by Gasteiger charge is 2.23. The number of fused-ring (bicyclic) bond motifs is 10. The highest BCUT2D eigenvalue weighted by molar-refractivity contribution is 6.27. The molecule has 0 spiro atoms. The molecule has 0 N–H and O–H groups in total. The Hall–Kier alpha value is -6.58. The maximum Gasteiger partial charge on any atom is 0.147 e. The van der Waals surface area contributed by atoms with Crippen LogP contribution in [0.5, 0.6) is 0 Å². The molecular weight excluding hydrogens is 599 g/mol. The van der Waals surface area contributed by atoms with E-state index in [-0.39, 0.29) is 0 Å². The van der Waals surface area contributed by atoms with E-state index in [2.05, 4.69) is 150 Å². The molecular formula is C46H27NO2. The number of hydrogen-bond acceptors (Lipinski definition) is 2. The number of furan rings is 2. The second kappa shape index (κ2) is 9.96. The van der Waals surface area contributed by atoms with E-state index >= 15 is 0 Å². The molecule has 0 fully saturated rings. The standard InChI is InChI=1S/C46H27NO2/c1-2-12-30(13-3-1)47-39-20-10-8-14-31(39)32-23-22-28(27-40(32)47)42-33-15-4-6-17-35(33)43(36-18-7-5-16-34(36)42)38-26-29-24-25-48-45(29)44-37-19-9-11-21-41(37)49-46(38)44/h1-27H. The summed E-state index contributed by atoms with van der Waals surface area (Å²) in [4.78, 5) is 0. The van der Waals surface area contributed by atoms with Crippen molar-refractivity contribution in [2.75, 3.05) is 0 Å². The minimum atomic E-state index is 0.848. The molecule has 3 aromatic heterocycles. The maximum atomic E-state index is 6.70. The van der Waals surface area contributed by atoms with Crippen molar-refractivity contribution >= 4 is 76.3 Å². The van der Waals surface area contributed by atoms with E-state index in [1.165, 1.54) is 60.0 Å². The third-order valence-electron chi connectivity index (χ3n) is 10.2. The molecule has 11 rings (SSSR count). The van der Waals surface area contributed by atoms with Gasteiger partial charge in [0.05, 0.1) is 22.7 Å². The van der Waals surface area contributed by atoms with Crippen molar-refractivity contribution < 1.29 is 8.83 Å². The lowest BCUT2D eigenvalue weighted by molar-refractivity contribution is 0.618. The average molecular weight is 626 g/mol. The van der Waals surface area contributed by atoms with Gasteiger partial charge in [-0.2, -0.15) is 0 Å². The number of benzene rings is 8. The molecule has 0 aliphatic carbocycles. The van der Waals surface area contributed by atoms with Crippen molar-refractivity contribution in [3.05, 3.63) is 164 Å². The molecule has 0 atom stereocenters. The van der Waals surface area contributed by atoms with E-state index in [4.69, 9.17) is 8.83 Å². The van der Waals surface area contributed by atoms with E-state index in [0.717, 1.165) is 44.2 Å². The van der Waals surface area contributed by atoms with Crippen LogP contribution < -0.4 is 0 Å². The molecule has 228 valence electrons. The van der Waals surface area contributed by atoms with Gasteiger partial charge in [0.25, 0.3) is 0 Å². The third kappa shape index (κ3) is 3.67. The van der Waals surface area contributed by atoms with Gasteiger partial charge in [-0.25, -0.2) is 0 Å². The lowest BCUT2D eigenvalue weighted by atomic mass is 9.85. The molecule has 3 nitrogen and oxygen atoms in total. The topological polar surface area (TPSA) is 31.2 Å². The number of aromatic nitrogens is 1. The SMILES string of the molecule is c1ccc(-n2c3ccccc3c3ccc(-c4c5ccccc5c(-c5cc6ccoc6c6c5oc5ccccc56)c5ccccc45)cc32)cc1. The molecule has 0 saturated heterocycles. The fourth-order valence-electron chi connectivity index (χ4n) is 8.21. The van der Waals surface area contributed by atoms with E-state index < -0.39 is 0 Å². The summed E-state index contributed by atoms with van der Waals surface area (Å²) in [6, 6.07) is 56.5. The largest absolute Gasteiger partial charge is 0.464 e. The highest BCUT2D eigenvalue weighted by atomic mass is 16.3. The van der Waals surface area contributed by atoms with E-state index in [0.29, 0.717) is 0 Å². The van der Waals surface area contributed by atoms with E-state index in [9.17, 15) is 0 Å². The van der Waals surface area contributed by atoms with Crippen LogP contribution in [0.4, 0.5) is 0 Å². The van der Waals surface area contributed by atoms with Gasteiger partial charge in [-0.3, -0.25) is 0 Å². The van der Waals surface area contributed by atoms with Gasteiger partial charge in [0.15, 0.2) is 0 Å². The summed E-state index contributed by atoms with van der Waals surface area (Å²) in [7, 11) is 0. The van der Waals surface area contributed by atoms with Gasteiger partial charge in [0.1, 0.15) is 16.7 Å². The zero-order valence-electron chi connectivity index (χ0n) is 26.4. The van der Waals surface area contributed by atoms with Gasteiger partial charge >= 0.3 is 0 Å². The van der Waals surface area contributed by atoms with Crippen LogP contribution in [0.2, 0.25) is 0 Å². The number of nitrogens with zero attached hydrogens (tertiary/aromatic N) is 1. The summed E-state index contributed by atoms with van der Waals surface area (Å²) in [6.07, 6.45) is 1.78. The Morgan fingerprint density at radius 1 is 0.429 bits per heavy atom. The lowest BCUT2D eigenvalue weighted by Gasteiger charge is -2.18. The van der Waals surface area contributed by atoms with Gasteiger partial charge in [-0.15, -0.1) is 0 Å². The second-order valence-electron chi connectivity index (χ2n) is 12.8. The molecule has 0 bridgehead atoms. The Kier molecular flexibility index (Phi) is 5.38. The molecule has 3 heteroatoms. The normalized spacial score (nSPS) is 12.1. The Morgan fingerprint density at radius 2 is 1.04 bits per heavy atom. The van der Waals surface area contributed by atoms with Crippen LogP contribution in [0.1, 0.15) is 0 Å². The first-order chi connectivity index (χ1) is 24.3. The summed E-state index contributed by atoms with van der Waals surface area (Å²) < 4.78 is 15.2. The van der Waals surface area contributed by atoms with Crippen LogP contribution in [0.15, 0.2) is 173 Å². The predicted octanol–water partition coefficient (Wildman–Crippen LogP) is 13.1. The quantitative estimate of drug-likeness (QED) is 0.183. The Morgan fingerprint density at radius 3 is 1.80 bits per heavy atom. The molecule has 8 aromatic carbocycles. The van der Waals surface area contributed by atoms with Gasteiger partial charge in [0, 0.05) is 38.4 Å². The minimum absolute atomic E-state index is 0.848. The monoisotopic (exact) mass is 625 g/mol. The predicted molar refractivity (Wildman–Crippen MR) is 204 cm³/mol. The molecule has 0 aliphatic rings. The second-order valence-corrected chi connectivity index (χ2v) is 12.8. The van der Waals surface area contributed by atoms with Crippen LogP contribution in [0.25, 0.3) is 104 Å². The van der Waals surface area contributed by atoms with Gasteiger partial charge in [-0.05, 0) is 75.1 Å². The summed E-state index contributed by atoms with van der Waals surface area (Å²) in [6.45, 7) is 0. The van der Waals surface area contributed by atoms with Crippen LogP contribution in [0.3, 0.4) is 0 Å². The minimum Gasteiger partial charge on any atom is -0.464 e. The summed E-state index contributed by atoms with van der Waals surface area (Å²) in [5, 5.41) is 10.4. The third-order valence-corrected chi connectivity index (χ3v) is 10.2. The van der Waals surface area contributed by atoms with E-state index in [1.54, 1.807) is 6.26 Å². The first kappa shape index (κ1) is 26.5. The van der Waals surface area contributed by atoms with Crippen molar-refractivity contribution in [3.63, 3.8) is 0 Å². The van der Waals surface area contributed by atoms with Gasteiger partial charge in [-0.1, -0.05) is 115 Å². The first-order valence-electron chi connectivity index (χ1n) is 16.7. The zero-order valence-corrected chi connectivity index (χ0v) is 26.4. The van der Waals surface area contributed by atoms with Crippen LogP contribution in [0, 0.1) is 0 Å². The number of para-hydroxylation sites is 3. The first-order valence-corrected chi connectivity index (χ1v) is 16.7. The summed E-state index contributed by atoms with van der Waals surface area (Å²) in [5.41, 5.74) is 10.8. The fraction of sp³-hybridized carbons (Fsp3) is 0. The van der Waals surface area contributed by atoms with Crippen molar-refractivity contribution in [1.82, 2.24) is 4.57 Å². The Balaban J connectivity index is 1.27. The molecule has 3 heterocycles. The molecule has 0 unspecified atom stereocenters. The smallest absolute Gasteiger partial charge is 0.147 e. The van der Waals surface area contributed by atoms with E-state index in [1.807, 2.05) is 12.1 Å². The fourth-order valence-corrected chi connectivity index (χ4v) is 8.21. The molecule has 0 saturated carbocycles. The maximum absolute atomic E-state index is 6.70. The summed E-state index contributed by atoms with van der Waals surface area (Å²) in [5.74, 6) is 0. The molecule has 49 heavy (non-hydrogen) atoms. The van der Waals surface area contributed by atoms with Crippen LogP contribution >= 0.6 is 0 Å². The van der Waals surface area contributed by atoms with Crippen LogP contribution in [-0.2, 0) is 0 Å². The number of rotatable bonds is 3. The Labute approximate surface area is 280 Å². The molecule has 0 amide bonds. The molecule has 0 aliphatic heterocycles. The van der Waals surface area contributed by atoms with Gasteiger partial charge in [0.2, 0.25) is 0 Å².